The topological polar surface area (TPSA) is 95.9 Å². The molecular formula is C56H101NO5. The van der Waals surface area contributed by atoms with Crippen molar-refractivity contribution in [3.63, 3.8) is 0 Å². The van der Waals surface area contributed by atoms with Gasteiger partial charge in [0.25, 0.3) is 0 Å². The lowest BCUT2D eigenvalue weighted by atomic mass is 10.0. The van der Waals surface area contributed by atoms with Crippen LogP contribution in [0.2, 0.25) is 0 Å². The van der Waals surface area contributed by atoms with Crippen LogP contribution in [0.5, 0.6) is 0 Å². The van der Waals surface area contributed by atoms with Gasteiger partial charge in [-0.25, -0.2) is 0 Å². The SMILES string of the molecule is CCC/C=C\CCCCCCCC(=O)OC(CCCCC/C=C/C=C/C=C/C=C/CCCCC)CC(=O)NC(CO)C(O)CCCCCCCCCCCCCCCCCCC. The summed E-state index contributed by atoms with van der Waals surface area (Å²) in [6, 6.07) is -0.717. The number of nitrogens with one attached hydrogen (secondary N) is 1. The minimum atomic E-state index is -0.801. The Bertz CT molecular complexity index is 1110. The smallest absolute Gasteiger partial charge is 0.306 e. The highest BCUT2D eigenvalue weighted by atomic mass is 16.5. The Morgan fingerprint density at radius 1 is 0.468 bits per heavy atom. The number of carbonyl (C=O) groups excluding carboxylic acids is 2. The summed E-state index contributed by atoms with van der Waals surface area (Å²) in [4.78, 5) is 26.1. The number of unbranched alkanes of at least 4 members (excludes halogenated alkanes) is 28. The lowest BCUT2D eigenvalue weighted by Crippen LogP contribution is -2.46. The van der Waals surface area contributed by atoms with Crippen molar-refractivity contribution in [3.05, 3.63) is 60.8 Å². The van der Waals surface area contributed by atoms with Crippen LogP contribution in [0.1, 0.15) is 258 Å². The number of hydrogen-bond acceptors (Lipinski definition) is 5. The van der Waals surface area contributed by atoms with E-state index in [1.807, 2.05) is 6.08 Å². The molecule has 0 spiro atoms. The van der Waals surface area contributed by atoms with Crippen LogP contribution in [-0.2, 0) is 14.3 Å². The van der Waals surface area contributed by atoms with Crippen molar-refractivity contribution >= 4 is 11.9 Å². The Kier molecular flexibility index (Phi) is 47.6. The van der Waals surface area contributed by atoms with E-state index < -0.39 is 18.2 Å². The summed E-state index contributed by atoms with van der Waals surface area (Å²) in [5.41, 5.74) is 0. The third kappa shape index (κ3) is 44.2. The van der Waals surface area contributed by atoms with Crippen LogP contribution in [0.3, 0.4) is 0 Å². The van der Waals surface area contributed by atoms with Crippen LogP contribution in [-0.4, -0.2) is 46.9 Å². The molecular weight excluding hydrogens is 767 g/mol. The first kappa shape index (κ1) is 59.6. The van der Waals surface area contributed by atoms with Gasteiger partial charge in [0.15, 0.2) is 0 Å². The van der Waals surface area contributed by atoms with Gasteiger partial charge in [-0.3, -0.25) is 9.59 Å². The molecule has 0 heterocycles. The number of aliphatic hydroxyl groups excluding tert-OH is 2. The summed E-state index contributed by atoms with van der Waals surface area (Å²) < 4.78 is 5.90. The molecule has 0 saturated heterocycles. The second kappa shape index (κ2) is 49.6. The van der Waals surface area contributed by atoms with Gasteiger partial charge in [0, 0.05) is 6.42 Å². The minimum Gasteiger partial charge on any atom is -0.462 e. The second-order valence-corrected chi connectivity index (χ2v) is 18.0. The summed E-state index contributed by atoms with van der Waals surface area (Å²) in [5.74, 6) is -0.523. The van der Waals surface area contributed by atoms with Crippen LogP contribution < -0.4 is 5.32 Å². The third-order valence-corrected chi connectivity index (χ3v) is 11.9. The van der Waals surface area contributed by atoms with E-state index in [0.29, 0.717) is 19.3 Å². The summed E-state index contributed by atoms with van der Waals surface area (Å²) in [6.07, 6.45) is 61.4. The molecule has 0 fully saturated rings. The molecule has 0 aromatic carbocycles. The lowest BCUT2D eigenvalue weighted by Gasteiger charge is -2.24. The normalized spacial score (nSPS) is 13.7. The molecule has 0 aromatic heterocycles. The predicted octanol–water partition coefficient (Wildman–Crippen LogP) is 16.0. The fourth-order valence-electron chi connectivity index (χ4n) is 7.86. The molecule has 62 heavy (non-hydrogen) atoms. The molecule has 0 aliphatic heterocycles. The van der Waals surface area contributed by atoms with Crippen molar-refractivity contribution in [3.8, 4) is 0 Å². The fraction of sp³-hybridized carbons (Fsp3) is 0.786. The molecule has 0 aliphatic carbocycles. The van der Waals surface area contributed by atoms with Crippen LogP contribution in [0.15, 0.2) is 60.8 Å². The molecule has 0 bridgehead atoms. The monoisotopic (exact) mass is 868 g/mol. The number of allylic oxidation sites excluding steroid dienone is 10. The van der Waals surface area contributed by atoms with Gasteiger partial charge in [0.05, 0.1) is 25.2 Å². The highest BCUT2D eigenvalue weighted by molar-refractivity contribution is 5.77. The van der Waals surface area contributed by atoms with E-state index >= 15 is 0 Å². The first-order valence-corrected chi connectivity index (χ1v) is 26.6. The summed E-state index contributed by atoms with van der Waals surface area (Å²) in [7, 11) is 0. The van der Waals surface area contributed by atoms with Gasteiger partial charge in [-0.15, -0.1) is 0 Å². The van der Waals surface area contributed by atoms with E-state index in [9.17, 15) is 19.8 Å². The number of hydrogen-bond donors (Lipinski definition) is 3. The van der Waals surface area contributed by atoms with Gasteiger partial charge >= 0.3 is 5.97 Å². The van der Waals surface area contributed by atoms with Crippen molar-refractivity contribution < 1.29 is 24.5 Å². The fourth-order valence-corrected chi connectivity index (χ4v) is 7.86. The van der Waals surface area contributed by atoms with E-state index in [-0.39, 0.29) is 24.9 Å². The van der Waals surface area contributed by atoms with E-state index in [1.54, 1.807) is 0 Å². The molecule has 6 heteroatoms. The Hall–Kier alpha value is -2.44. The Morgan fingerprint density at radius 2 is 0.871 bits per heavy atom. The molecule has 1 amide bonds. The van der Waals surface area contributed by atoms with Gasteiger partial charge in [-0.1, -0.05) is 236 Å². The van der Waals surface area contributed by atoms with E-state index in [2.05, 4.69) is 80.8 Å². The molecule has 0 rings (SSSR count). The molecule has 3 N–H and O–H groups in total. The largest absolute Gasteiger partial charge is 0.462 e. The van der Waals surface area contributed by atoms with Gasteiger partial charge in [0.1, 0.15) is 6.10 Å². The van der Waals surface area contributed by atoms with Crippen LogP contribution in [0.4, 0.5) is 0 Å². The van der Waals surface area contributed by atoms with Gasteiger partial charge in [-0.2, -0.15) is 0 Å². The number of carbonyl (C=O) groups is 2. The van der Waals surface area contributed by atoms with Crippen molar-refractivity contribution in [2.75, 3.05) is 6.61 Å². The van der Waals surface area contributed by atoms with Gasteiger partial charge < -0.3 is 20.3 Å². The van der Waals surface area contributed by atoms with Crippen molar-refractivity contribution in [1.82, 2.24) is 5.32 Å². The zero-order valence-electron chi connectivity index (χ0n) is 41.0. The maximum Gasteiger partial charge on any atom is 0.306 e. The zero-order valence-corrected chi connectivity index (χ0v) is 41.0. The summed E-state index contributed by atoms with van der Waals surface area (Å²) >= 11 is 0. The standard InChI is InChI=1S/C56H101NO5/c1-4-7-10-13-16-19-22-24-26-28-30-32-34-36-39-42-45-48-54(59)53(51-58)57-55(60)50-52(62-56(61)49-46-43-40-37-21-18-15-12-9-6-3)47-44-41-38-35-33-31-29-27-25-23-20-17-14-11-8-5-2/h12,15,17,20,23,25,27,29,31,33,52-54,58-59H,4-11,13-14,16,18-19,21-22,24,26,28,30,32,34-51H2,1-3H3,(H,57,60)/b15-12-,20-17+,25-23+,29-27+,33-31+. The number of amides is 1. The average molecular weight is 868 g/mol. The number of esters is 1. The van der Waals surface area contributed by atoms with Gasteiger partial charge in [0.2, 0.25) is 5.91 Å². The third-order valence-electron chi connectivity index (χ3n) is 11.9. The van der Waals surface area contributed by atoms with Crippen molar-refractivity contribution in [2.24, 2.45) is 0 Å². The molecule has 0 aliphatic rings. The van der Waals surface area contributed by atoms with E-state index in [0.717, 1.165) is 83.5 Å². The number of aliphatic hydroxyl groups is 2. The molecule has 0 saturated carbocycles. The maximum atomic E-state index is 13.2. The molecule has 0 radical (unpaired) electrons. The number of ether oxygens (including phenoxy) is 1. The Labute approximate surface area is 384 Å². The first-order chi connectivity index (χ1) is 30.5. The highest BCUT2D eigenvalue weighted by Gasteiger charge is 2.24. The molecule has 3 atom stereocenters. The molecule has 0 aromatic rings. The van der Waals surface area contributed by atoms with E-state index in [4.69, 9.17) is 4.74 Å². The Morgan fingerprint density at radius 3 is 1.40 bits per heavy atom. The van der Waals surface area contributed by atoms with Crippen LogP contribution >= 0.6 is 0 Å². The Balaban J connectivity index is 4.58. The average Bonchev–Trinajstić information content (AvgIpc) is 3.26. The second-order valence-electron chi connectivity index (χ2n) is 18.0. The van der Waals surface area contributed by atoms with Crippen molar-refractivity contribution in [1.29, 1.82) is 0 Å². The lowest BCUT2D eigenvalue weighted by molar-refractivity contribution is -0.151. The summed E-state index contributed by atoms with van der Waals surface area (Å²) in [5, 5.41) is 23.8. The van der Waals surface area contributed by atoms with Gasteiger partial charge in [-0.05, 0) is 70.6 Å². The molecule has 360 valence electrons. The summed E-state index contributed by atoms with van der Waals surface area (Å²) in [6.45, 7) is 6.38. The zero-order chi connectivity index (χ0) is 45.2. The molecule has 3 unspecified atom stereocenters. The first-order valence-electron chi connectivity index (χ1n) is 26.6. The molecule has 6 nitrogen and oxygen atoms in total. The van der Waals surface area contributed by atoms with Crippen LogP contribution in [0, 0.1) is 0 Å². The predicted molar refractivity (Wildman–Crippen MR) is 268 cm³/mol. The van der Waals surface area contributed by atoms with Crippen LogP contribution in [0.25, 0.3) is 0 Å². The van der Waals surface area contributed by atoms with E-state index in [1.165, 1.54) is 128 Å². The number of rotatable bonds is 47. The highest BCUT2D eigenvalue weighted by Crippen LogP contribution is 2.18. The maximum absolute atomic E-state index is 13.2. The van der Waals surface area contributed by atoms with Crippen molar-refractivity contribution in [2.45, 2.75) is 277 Å². The minimum absolute atomic E-state index is 0.0474. The quantitative estimate of drug-likeness (QED) is 0.0245.